The van der Waals surface area contributed by atoms with E-state index in [-0.39, 0.29) is 0 Å². The van der Waals surface area contributed by atoms with Gasteiger partial charge in [0.2, 0.25) is 0 Å². The highest BCUT2D eigenvalue weighted by molar-refractivity contribution is 9.10. The van der Waals surface area contributed by atoms with Gasteiger partial charge < -0.3 is 0 Å². The zero-order valence-corrected chi connectivity index (χ0v) is 9.55. The van der Waals surface area contributed by atoms with Crippen LogP contribution in [0.4, 0.5) is 0 Å². The van der Waals surface area contributed by atoms with Gasteiger partial charge in [-0.1, -0.05) is 34.1 Å². The Labute approximate surface area is 92.4 Å². The van der Waals surface area contributed by atoms with E-state index in [1.165, 1.54) is 10.5 Å². The van der Waals surface area contributed by atoms with Crippen molar-refractivity contribution in [2.24, 2.45) is 0 Å². The highest BCUT2D eigenvalue weighted by Gasteiger charge is 1.92. The van der Waals surface area contributed by atoms with Gasteiger partial charge in [-0.05, 0) is 12.1 Å². The van der Waals surface area contributed by atoms with E-state index >= 15 is 0 Å². The van der Waals surface area contributed by atoms with Crippen LogP contribution in [0.5, 0.6) is 0 Å². The van der Waals surface area contributed by atoms with Crippen LogP contribution in [0.2, 0.25) is 0 Å². The molecule has 0 unspecified atom stereocenters. The fraction of sp³-hybridized carbons (Fsp3) is 0. The number of hydrogen-bond acceptors (Lipinski definition) is 2. The fourth-order valence-corrected chi connectivity index (χ4v) is 0.822. The minimum atomic E-state index is -3.60. The van der Waals surface area contributed by atoms with E-state index in [2.05, 4.69) is 28.8 Å². The lowest BCUT2D eigenvalue weighted by Gasteiger charge is -1.80. The first-order valence-electron chi connectivity index (χ1n) is 3.42. The lowest BCUT2D eigenvalue weighted by Crippen LogP contribution is -1.85. The minimum absolute atomic E-state index is 1.13. The Bertz CT molecular complexity index is 429. The molecule has 0 aliphatic rings. The first kappa shape index (κ1) is 12.8. The maximum absolute atomic E-state index is 9.90. The summed E-state index contributed by atoms with van der Waals surface area (Å²) in [6, 6.07) is 9.97. The molecule has 1 rings (SSSR count). The van der Waals surface area contributed by atoms with Crippen LogP contribution in [0.15, 0.2) is 34.8 Å². The average Bonchev–Trinajstić information content (AvgIpc) is 2.20. The Kier molecular flexibility index (Phi) is 5.71. The molecular weight excluding hydrogens is 264 g/mol. The van der Waals surface area contributed by atoms with Crippen molar-refractivity contribution in [2.75, 3.05) is 0 Å². The predicted molar refractivity (Wildman–Crippen MR) is 60.7 cm³/mol. The lowest BCUT2D eigenvalue weighted by atomic mass is 10.4. The summed E-state index contributed by atoms with van der Waals surface area (Å²) in [7, 11) is -3.60. The van der Waals surface area contributed by atoms with Crippen molar-refractivity contribution in [1.82, 2.24) is 0 Å². The van der Waals surface area contributed by atoms with E-state index in [4.69, 9.17) is 0 Å². The SMILES string of the molecule is Brc1ccccc1.C#CS(=O)(=O)C#C. The second kappa shape index (κ2) is 6.26. The van der Waals surface area contributed by atoms with E-state index in [0.717, 1.165) is 4.47 Å². The summed E-state index contributed by atoms with van der Waals surface area (Å²) in [5.41, 5.74) is 0. The van der Waals surface area contributed by atoms with Crippen LogP contribution in [0.3, 0.4) is 0 Å². The zero-order valence-electron chi connectivity index (χ0n) is 7.14. The molecule has 0 amide bonds. The highest BCUT2D eigenvalue weighted by atomic mass is 79.9. The highest BCUT2D eigenvalue weighted by Crippen LogP contribution is 2.05. The van der Waals surface area contributed by atoms with Gasteiger partial charge in [-0.15, -0.1) is 12.8 Å². The van der Waals surface area contributed by atoms with E-state index in [0.29, 0.717) is 0 Å². The van der Waals surface area contributed by atoms with Crippen molar-refractivity contribution < 1.29 is 8.42 Å². The molecule has 0 bridgehead atoms. The van der Waals surface area contributed by atoms with E-state index in [1.54, 1.807) is 0 Å². The number of halogens is 1. The number of hydrogen-bond donors (Lipinski definition) is 0. The second-order valence-corrected chi connectivity index (χ2v) is 4.43. The minimum Gasteiger partial charge on any atom is -0.202 e. The summed E-state index contributed by atoms with van der Waals surface area (Å²) < 4.78 is 20.9. The topological polar surface area (TPSA) is 34.1 Å². The van der Waals surface area contributed by atoms with Gasteiger partial charge >= 0.3 is 0 Å². The molecule has 1 aromatic rings. The summed E-state index contributed by atoms with van der Waals surface area (Å²) in [4.78, 5) is 0. The predicted octanol–water partition coefficient (Wildman–Crippen LogP) is 2.03. The lowest BCUT2D eigenvalue weighted by molar-refractivity contribution is 0.615. The molecule has 14 heavy (non-hydrogen) atoms. The molecule has 0 aliphatic carbocycles. The van der Waals surface area contributed by atoms with Gasteiger partial charge in [0.25, 0.3) is 9.84 Å². The number of terminal acetylenes is 2. The molecule has 0 radical (unpaired) electrons. The van der Waals surface area contributed by atoms with E-state index < -0.39 is 9.84 Å². The van der Waals surface area contributed by atoms with Crippen molar-refractivity contribution >= 4 is 25.8 Å². The van der Waals surface area contributed by atoms with Gasteiger partial charge in [-0.2, -0.15) is 0 Å². The Morgan fingerprint density at radius 2 is 1.50 bits per heavy atom. The molecule has 4 heteroatoms. The quantitative estimate of drug-likeness (QED) is 0.534. The van der Waals surface area contributed by atoms with Crippen LogP contribution in [-0.4, -0.2) is 8.42 Å². The molecule has 1 aromatic carbocycles. The molecule has 0 aliphatic heterocycles. The molecule has 0 N–H and O–H groups in total. The van der Waals surface area contributed by atoms with Gasteiger partial charge in [0.15, 0.2) is 0 Å². The molecule has 0 saturated heterocycles. The number of sulfone groups is 1. The first-order valence-corrected chi connectivity index (χ1v) is 5.69. The van der Waals surface area contributed by atoms with Gasteiger partial charge in [0, 0.05) is 15.0 Å². The Hall–Kier alpha value is -1.23. The van der Waals surface area contributed by atoms with Crippen molar-refractivity contribution in [3.8, 4) is 23.4 Å². The van der Waals surface area contributed by atoms with Gasteiger partial charge in [0.05, 0.1) is 0 Å². The van der Waals surface area contributed by atoms with Crippen molar-refractivity contribution in [1.29, 1.82) is 0 Å². The molecular formula is C10H7BrO2S. The monoisotopic (exact) mass is 270 g/mol. The molecule has 2 nitrogen and oxygen atoms in total. The van der Waals surface area contributed by atoms with Gasteiger partial charge in [-0.25, -0.2) is 8.42 Å². The maximum atomic E-state index is 9.90. The molecule has 0 saturated carbocycles. The largest absolute Gasteiger partial charge is 0.283 e. The van der Waals surface area contributed by atoms with Crippen LogP contribution in [0.25, 0.3) is 0 Å². The molecule has 0 spiro atoms. The first-order chi connectivity index (χ1) is 6.52. The maximum Gasteiger partial charge on any atom is 0.283 e. The zero-order chi connectivity index (χ0) is 11.0. The third-order valence-electron chi connectivity index (χ3n) is 1.04. The average molecular weight is 271 g/mol. The molecule has 0 heterocycles. The van der Waals surface area contributed by atoms with Crippen molar-refractivity contribution in [2.45, 2.75) is 0 Å². The summed E-state index contributed by atoms with van der Waals surface area (Å²) in [5, 5.41) is 2.85. The smallest absolute Gasteiger partial charge is 0.202 e. The summed E-state index contributed by atoms with van der Waals surface area (Å²) >= 11 is 3.31. The van der Waals surface area contributed by atoms with Crippen LogP contribution in [0, 0.1) is 23.4 Å². The number of rotatable bonds is 0. The van der Waals surface area contributed by atoms with Crippen molar-refractivity contribution in [3.05, 3.63) is 34.8 Å². The van der Waals surface area contributed by atoms with Crippen LogP contribution in [0.1, 0.15) is 0 Å². The molecule has 0 aromatic heterocycles. The van der Waals surface area contributed by atoms with Gasteiger partial charge in [0.1, 0.15) is 0 Å². The summed E-state index contributed by atoms with van der Waals surface area (Å²) in [5.74, 6) is 0. The molecule has 0 fully saturated rings. The summed E-state index contributed by atoms with van der Waals surface area (Å²) in [6.07, 6.45) is 8.87. The standard InChI is InChI=1S/C6H5Br.C4H2O2S/c7-6-4-2-1-3-5-6;1-3-7(5,6)4-2/h1-5H;1-2H. The Morgan fingerprint density at radius 1 is 1.07 bits per heavy atom. The van der Waals surface area contributed by atoms with E-state index in [9.17, 15) is 8.42 Å². The van der Waals surface area contributed by atoms with Crippen molar-refractivity contribution in [3.63, 3.8) is 0 Å². The van der Waals surface area contributed by atoms with Crippen LogP contribution in [-0.2, 0) is 9.84 Å². The number of benzene rings is 1. The Balaban J connectivity index is 0.000000241. The Morgan fingerprint density at radius 3 is 1.64 bits per heavy atom. The third-order valence-corrected chi connectivity index (χ3v) is 2.19. The normalized spacial score (nSPS) is 8.79. The molecule has 0 atom stereocenters. The fourth-order valence-electron chi connectivity index (χ4n) is 0.449. The van der Waals surface area contributed by atoms with Crippen LogP contribution < -0.4 is 0 Å². The summed E-state index contributed by atoms with van der Waals surface area (Å²) in [6.45, 7) is 0. The van der Waals surface area contributed by atoms with Crippen LogP contribution >= 0.6 is 15.9 Å². The molecule has 72 valence electrons. The third kappa shape index (κ3) is 6.30. The second-order valence-electron chi connectivity index (χ2n) is 2.03. The van der Waals surface area contributed by atoms with E-state index in [1.807, 2.05) is 30.3 Å². The van der Waals surface area contributed by atoms with Gasteiger partial charge in [-0.3, -0.25) is 0 Å².